The molecule has 0 saturated heterocycles. The molecule has 27 heavy (non-hydrogen) atoms. The number of carbonyl (C=O) groups is 3. The minimum absolute atomic E-state index is 0.0901. The lowest BCUT2D eigenvalue weighted by Crippen LogP contribution is -2.31. The number of carbonyl (C=O) groups excluding carboxylic acids is 3. The van der Waals surface area contributed by atoms with Crippen molar-refractivity contribution in [2.75, 3.05) is 17.7 Å². The van der Waals surface area contributed by atoms with Crippen molar-refractivity contribution >= 4 is 44.1 Å². The van der Waals surface area contributed by atoms with Crippen molar-refractivity contribution in [2.45, 2.75) is 18.2 Å². The van der Waals surface area contributed by atoms with Crippen molar-refractivity contribution in [3.05, 3.63) is 47.3 Å². The van der Waals surface area contributed by atoms with Crippen LogP contribution in [0.3, 0.4) is 0 Å². The van der Waals surface area contributed by atoms with Gasteiger partial charge in [0.2, 0.25) is 5.91 Å². The molecular formula is C17H18N2O6S2. The summed E-state index contributed by atoms with van der Waals surface area (Å²) < 4.78 is 29.0. The maximum absolute atomic E-state index is 12.2. The Labute approximate surface area is 160 Å². The summed E-state index contributed by atoms with van der Waals surface area (Å²) in [6.45, 7) is 1.71. The van der Waals surface area contributed by atoms with Gasteiger partial charge < -0.3 is 10.1 Å². The van der Waals surface area contributed by atoms with Crippen molar-refractivity contribution in [2.24, 2.45) is 0 Å². The molecular weight excluding hydrogens is 392 g/mol. The van der Waals surface area contributed by atoms with Gasteiger partial charge in [-0.05, 0) is 30.5 Å². The van der Waals surface area contributed by atoms with Crippen molar-refractivity contribution in [3.63, 3.8) is 0 Å². The van der Waals surface area contributed by atoms with Gasteiger partial charge in [0, 0.05) is 6.42 Å². The van der Waals surface area contributed by atoms with Gasteiger partial charge in [-0.2, -0.15) is 0 Å². The van der Waals surface area contributed by atoms with E-state index in [1.807, 2.05) is 5.32 Å². The molecule has 0 aliphatic carbocycles. The number of sulfone groups is 1. The summed E-state index contributed by atoms with van der Waals surface area (Å²) in [7, 11) is -3.58. The molecule has 0 unspecified atom stereocenters. The predicted octanol–water partition coefficient (Wildman–Crippen LogP) is 2.44. The Morgan fingerprint density at radius 1 is 1.11 bits per heavy atom. The van der Waals surface area contributed by atoms with Crippen LogP contribution < -0.4 is 10.6 Å². The van der Waals surface area contributed by atoms with E-state index in [1.54, 1.807) is 30.5 Å². The number of hydrogen-bond acceptors (Lipinski definition) is 7. The second kappa shape index (κ2) is 9.28. The standard InChI is InChI=1S/C17H18N2O6S2/c1-2-25-17(22)19-15(21)13-8-10-26-16(13)18-14(20)9-11-27(23,24)12-6-4-3-5-7-12/h3-8,10H,2,9,11H2,1H3,(H,18,20)(H,19,21,22). The fraction of sp³-hybridized carbons (Fsp3) is 0.235. The summed E-state index contributed by atoms with van der Waals surface area (Å²) in [4.78, 5) is 35.6. The molecule has 0 fully saturated rings. The number of nitrogens with one attached hydrogen (secondary N) is 2. The summed E-state index contributed by atoms with van der Waals surface area (Å²) in [5.74, 6) is -1.64. The summed E-state index contributed by atoms with van der Waals surface area (Å²) >= 11 is 1.08. The van der Waals surface area contributed by atoms with E-state index in [1.165, 1.54) is 18.2 Å². The third-order valence-electron chi connectivity index (χ3n) is 3.35. The van der Waals surface area contributed by atoms with Crippen molar-refractivity contribution in [1.29, 1.82) is 0 Å². The van der Waals surface area contributed by atoms with Gasteiger partial charge in [-0.3, -0.25) is 14.9 Å². The van der Waals surface area contributed by atoms with Crippen LogP contribution in [-0.2, 0) is 19.4 Å². The van der Waals surface area contributed by atoms with Crippen LogP contribution in [0.5, 0.6) is 0 Å². The Hall–Kier alpha value is -2.72. The molecule has 8 nitrogen and oxygen atoms in total. The van der Waals surface area contributed by atoms with Crippen LogP contribution >= 0.6 is 11.3 Å². The smallest absolute Gasteiger partial charge is 0.414 e. The Kier molecular flexibility index (Phi) is 7.08. The second-order valence-corrected chi connectivity index (χ2v) is 8.29. The molecule has 0 aliphatic heterocycles. The molecule has 3 amide bonds. The van der Waals surface area contributed by atoms with E-state index in [0.717, 1.165) is 11.3 Å². The number of imide groups is 1. The number of amides is 3. The molecule has 0 bridgehead atoms. The molecule has 0 atom stereocenters. The number of rotatable bonds is 7. The first-order valence-electron chi connectivity index (χ1n) is 7.96. The fourth-order valence-electron chi connectivity index (χ4n) is 2.07. The summed E-state index contributed by atoms with van der Waals surface area (Å²) in [6, 6.07) is 9.27. The first-order chi connectivity index (χ1) is 12.8. The minimum atomic E-state index is -3.58. The van der Waals surface area contributed by atoms with Crippen LogP contribution in [0.1, 0.15) is 23.7 Å². The van der Waals surface area contributed by atoms with Gasteiger partial charge in [0.1, 0.15) is 5.00 Å². The lowest BCUT2D eigenvalue weighted by Gasteiger charge is -2.07. The normalized spacial score (nSPS) is 10.9. The van der Waals surface area contributed by atoms with Crippen molar-refractivity contribution in [1.82, 2.24) is 5.32 Å². The fourth-order valence-corrected chi connectivity index (χ4v) is 4.14. The predicted molar refractivity (Wildman–Crippen MR) is 101 cm³/mol. The van der Waals surface area contributed by atoms with Crippen molar-refractivity contribution < 1.29 is 27.5 Å². The highest BCUT2D eigenvalue weighted by Crippen LogP contribution is 2.23. The SMILES string of the molecule is CCOC(=O)NC(=O)c1ccsc1NC(=O)CCS(=O)(=O)c1ccccc1. The van der Waals surface area contributed by atoms with E-state index in [4.69, 9.17) is 0 Å². The highest BCUT2D eigenvalue weighted by Gasteiger charge is 2.20. The molecule has 2 N–H and O–H groups in total. The average Bonchev–Trinajstić information content (AvgIpc) is 3.09. The molecule has 2 rings (SSSR count). The van der Waals surface area contributed by atoms with E-state index >= 15 is 0 Å². The quantitative estimate of drug-likeness (QED) is 0.724. The summed E-state index contributed by atoms with van der Waals surface area (Å²) in [5.41, 5.74) is 0.0901. The van der Waals surface area contributed by atoms with Gasteiger partial charge in [0.15, 0.2) is 9.84 Å². The zero-order valence-electron chi connectivity index (χ0n) is 14.4. The largest absolute Gasteiger partial charge is 0.450 e. The maximum atomic E-state index is 12.2. The Morgan fingerprint density at radius 3 is 2.48 bits per heavy atom. The van der Waals surface area contributed by atoms with E-state index in [-0.39, 0.29) is 34.2 Å². The highest BCUT2D eigenvalue weighted by molar-refractivity contribution is 7.91. The molecule has 0 radical (unpaired) electrons. The van der Waals surface area contributed by atoms with Gasteiger partial charge >= 0.3 is 6.09 Å². The van der Waals surface area contributed by atoms with E-state index in [2.05, 4.69) is 10.1 Å². The average molecular weight is 410 g/mol. The van der Waals surface area contributed by atoms with Crippen molar-refractivity contribution in [3.8, 4) is 0 Å². The number of ether oxygens (including phenoxy) is 1. The Bertz CT molecular complexity index is 922. The summed E-state index contributed by atoms with van der Waals surface area (Å²) in [5, 5.41) is 6.32. The topological polar surface area (TPSA) is 119 Å². The molecule has 0 aliphatic rings. The monoisotopic (exact) mass is 410 g/mol. The summed E-state index contributed by atoms with van der Waals surface area (Å²) in [6.07, 6.45) is -1.16. The van der Waals surface area contributed by atoms with Crippen LogP contribution in [0.15, 0.2) is 46.7 Å². The first kappa shape index (κ1) is 20.6. The second-order valence-electron chi connectivity index (χ2n) is 5.27. The Morgan fingerprint density at radius 2 is 1.81 bits per heavy atom. The van der Waals surface area contributed by atoms with Gasteiger partial charge in [-0.1, -0.05) is 18.2 Å². The number of alkyl carbamates (subject to hydrolysis) is 1. The first-order valence-corrected chi connectivity index (χ1v) is 10.5. The molecule has 0 saturated carbocycles. The molecule has 144 valence electrons. The molecule has 1 heterocycles. The van der Waals surface area contributed by atoms with Gasteiger partial charge in [-0.15, -0.1) is 11.3 Å². The third-order valence-corrected chi connectivity index (χ3v) is 5.92. The van der Waals surface area contributed by atoms with E-state index in [9.17, 15) is 22.8 Å². The van der Waals surface area contributed by atoms with E-state index < -0.39 is 27.7 Å². The molecule has 10 heteroatoms. The van der Waals surface area contributed by atoms with Gasteiger partial charge in [0.25, 0.3) is 5.91 Å². The van der Waals surface area contributed by atoms with Gasteiger partial charge in [-0.25, -0.2) is 13.2 Å². The van der Waals surface area contributed by atoms with Crippen LogP contribution in [0, 0.1) is 0 Å². The number of benzene rings is 1. The van der Waals surface area contributed by atoms with Crippen LogP contribution in [-0.4, -0.2) is 38.7 Å². The number of hydrogen-bond donors (Lipinski definition) is 2. The zero-order chi connectivity index (χ0) is 19.9. The van der Waals surface area contributed by atoms with Crippen LogP contribution in [0.4, 0.5) is 9.80 Å². The lowest BCUT2D eigenvalue weighted by atomic mass is 10.3. The maximum Gasteiger partial charge on any atom is 0.414 e. The third kappa shape index (κ3) is 5.90. The molecule has 0 spiro atoms. The lowest BCUT2D eigenvalue weighted by molar-refractivity contribution is -0.115. The Balaban J connectivity index is 1.96. The minimum Gasteiger partial charge on any atom is -0.450 e. The molecule has 2 aromatic rings. The highest BCUT2D eigenvalue weighted by atomic mass is 32.2. The molecule has 1 aromatic heterocycles. The van der Waals surface area contributed by atoms with Gasteiger partial charge in [0.05, 0.1) is 22.8 Å². The van der Waals surface area contributed by atoms with Crippen LogP contribution in [0.2, 0.25) is 0 Å². The zero-order valence-corrected chi connectivity index (χ0v) is 16.1. The number of thiophene rings is 1. The van der Waals surface area contributed by atoms with Crippen LogP contribution in [0.25, 0.3) is 0 Å². The number of anilines is 1. The van der Waals surface area contributed by atoms with E-state index in [0.29, 0.717) is 0 Å². The molecule has 1 aromatic carbocycles.